The molecule has 2 heteroatoms. The van der Waals surface area contributed by atoms with Gasteiger partial charge in [-0.3, -0.25) is 0 Å². The Bertz CT molecular complexity index is 153. The van der Waals surface area contributed by atoms with Crippen molar-refractivity contribution in [2.75, 3.05) is 13.2 Å². The highest BCUT2D eigenvalue weighted by Gasteiger charge is 2.18. The van der Waals surface area contributed by atoms with E-state index in [0.717, 1.165) is 13.2 Å². The third-order valence-electron chi connectivity index (χ3n) is 2.64. The second kappa shape index (κ2) is 4.06. The molecule has 1 aliphatic carbocycles. The molecule has 0 spiro atoms. The Kier molecular flexibility index (Phi) is 2.79. The highest BCUT2D eigenvalue weighted by Crippen LogP contribution is 2.13. The van der Waals surface area contributed by atoms with Crippen molar-refractivity contribution in [2.24, 2.45) is 0 Å². The Morgan fingerprint density at radius 3 is 2.67 bits per heavy atom. The molecule has 1 unspecified atom stereocenters. The first-order valence-corrected chi connectivity index (χ1v) is 4.94. The number of nitrogens with one attached hydrogen (secondary N) is 1. The van der Waals surface area contributed by atoms with Crippen molar-refractivity contribution in [2.45, 2.75) is 37.8 Å². The Morgan fingerprint density at radius 2 is 2.00 bits per heavy atom. The summed E-state index contributed by atoms with van der Waals surface area (Å²) in [4.78, 5) is 0. The van der Waals surface area contributed by atoms with E-state index in [-0.39, 0.29) is 0 Å². The molecular formula is C10H17NO. The average molecular weight is 167 g/mol. The van der Waals surface area contributed by atoms with E-state index in [9.17, 15) is 0 Å². The molecule has 0 saturated carbocycles. The normalized spacial score (nSPS) is 31.2. The zero-order valence-electron chi connectivity index (χ0n) is 7.46. The molecule has 2 aliphatic rings. The highest BCUT2D eigenvalue weighted by molar-refractivity contribution is 4.98. The molecule has 0 aromatic carbocycles. The molecular weight excluding hydrogens is 150 g/mol. The van der Waals surface area contributed by atoms with Crippen molar-refractivity contribution in [1.29, 1.82) is 0 Å². The maximum absolute atomic E-state index is 5.41. The van der Waals surface area contributed by atoms with Crippen LogP contribution in [0.25, 0.3) is 0 Å². The molecule has 0 bridgehead atoms. The molecule has 68 valence electrons. The van der Waals surface area contributed by atoms with Gasteiger partial charge in [-0.05, 0) is 25.7 Å². The summed E-state index contributed by atoms with van der Waals surface area (Å²) < 4.78 is 5.41. The Morgan fingerprint density at radius 1 is 1.17 bits per heavy atom. The van der Waals surface area contributed by atoms with Crippen LogP contribution in [0, 0.1) is 0 Å². The number of hydrogen-bond acceptors (Lipinski definition) is 2. The lowest BCUT2D eigenvalue weighted by Crippen LogP contribution is -2.42. The maximum Gasteiger partial charge on any atom is 0.0619 e. The standard InChI is InChI=1S/C10H17NO/c1-2-5-9(4-1)11-10-6-3-7-12-8-10/h1-2,9-11H,3-8H2. The second-order valence-corrected chi connectivity index (χ2v) is 3.72. The monoisotopic (exact) mass is 167 g/mol. The van der Waals surface area contributed by atoms with Gasteiger partial charge in [0.2, 0.25) is 0 Å². The minimum absolute atomic E-state index is 0.614. The third kappa shape index (κ3) is 2.08. The molecule has 1 fully saturated rings. The molecule has 1 N–H and O–H groups in total. The van der Waals surface area contributed by atoms with Crippen molar-refractivity contribution in [3.8, 4) is 0 Å². The van der Waals surface area contributed by atoms with Gasteiger partial charge in [-0.15, -0.1) is 0 Å². The van der Waals surface area contributed by atoms with Gasteiger partial charge in [0.1, 0.15) is 0 Å². The molecule has 12 heavy (non-hydrogen) atoms. The van der Waals surface area contributed by atoms with E-state index >= 15 is 0 Å². The van der Waals surface area contributed by atoms with Gasteiger partial charge in [-0.25, -0.2) is 0 Å². The first-order chi connectivity index (χ1) is 5.95. The molecule has 2 rings (SSSR count). The first-order valence-electron chi connectivity index (χ1n) is 4.94. The van der Waals surface area contributed by atoms with E-state index in [4.69, 9.17) is 4.74 Å². The zero-order valence-corrected chi connectivity index (χ0v) is 7.46. The van der Waals surface area contributed by atoms with E-state index in [1.807, 2.05) is 0 Å². The molecule has 0 aromatic rings. The van der Waals surface area contributed by atoms with Crippen molar-refractivity contribution < 1.29 is 4.74 Å². The fraction of sp³-hybridized carbons (Fsp3) is 0.800. The Balaban J connectivity index is 1.70. The minimum Gasteiger partial charge on any atom is -0.380 e. The van der Waals surface area contributed by atoms with Crippen molar-refractivity contribution in [3.05, 3.63) is 12.2 Å². The largest absolute Gasteiger partial charge is 0.380 e. The number of rotatable bonds is 2. The van der Waals surface area contributed by atoms with Gasteiger partial charge in [-0.1, -0.05) is 12.2 Å². The van der Waals surface area contributed by atoms with Gasteiger partial charge < -0.3 is 10.1 Å². The van der Waals surface area contributed by atoms with Crippen LogP contribution in [-0.2, 0) is 4.74 Å². The minimum atomic E-state index is 0.614. The first kappa shape index (κ1) is 8.27. The van der Waals surface area contributed by atoms with Crippen LogP contribution in [0.3, 0.4) is 0 Å². The van der Waals surface area contributed by atoms with E-state index in [1.54, 1.807) is 0 Å². The summed E-state index contributed by atoms with van der Waals surface area (Å²) in [6.07, 6.45) is 9.45. The fourth-order valence-corrected chi connectivity index (χ4v) is 1.96. The van der Waals surface area contributed by atoms with Crippen LogP contribution in [0.2, 0.25) is 0 Å². The van der Waals surface area contributed by atoms with Crippen LogP contribution in [0.4, 0.5) is 0 Å². The van der Waals surface area contributed by atoms with Gasteiger partial charge >= 0.3 is 0 Å². The molecule has 1 atom stereocenters. The van der Waals surface area contributed by atoms with Crippen LogP contribution in [0.1, 0.15) is 25.7 Å². The zero-order chi connectivity index (χ0) is 8.23. The lowest BCUT2D eigenvalue weighted by atomic mass is 10.1. The predicted octanol–water partition coefficient (Wildman–Crippen LogP) is 1.47. The van der Waals surface area contributed by atoms with Gasteiger partial charge in [-0.2, -0.15) is 0 Å². The van der Waals surface area contributed by atoms with Gasteiger partial charge in [0.05, 0.1) is 6.61 Å². The van der Waals surface area contributed by atoms with E-state index in [1.165, 1.54) is 25.7 Å². The van der Waals surface area contributed by atoms with Crippen LogP contribution < -0.4 is 5.32 Å². The summed E-state index contributed by atoms with van der Waals surface area (Å²) in [6, 6.07) is 1.31. The highest BCUT2D eigenvalue weighted by atomic mass is 16.5. The molecule has 1 heterocycles. The number of ether oxygens (including phenoxy) is 1. The van der Waals surface area contributed by atoms with Crippen molar-refractivity contribution >= 4 is 0 Å². The summed E-state index contributed by atoms with van der Waals surface area (Å²) in [6.45, 7) is 1.87. The van der Waals surface area contributed by atoms with E-state index in [0.29, 0.717) is 12.1 Å². The third-order valence-corrected chi connectivity index (χ3v) is 2.64. The summed E-state index contributed by atoms with van der Waals surface area (Å²) in [5.41, 5.74) is 0. The smallest absolute Gasteiger partial charge is 0.0619 e. The SMILES string of the molecule is C1=CCC(NC2CCCOC2)C1. The van der Waals surface area contributed by atoms with Crippen LogP contribution in [-0.4, -0.2) is 25.3 Å². The molecule has 2 nitrogen and oxygen atoms in total. The average Bonchev–Trinajstić information content (AvgIpc) is 2.59. The molecule has 0 aromatic heterocycles. The summed E-state index contributed by atoms with van der Waals surface area (Å²) >= 11 is 0. The summed E-state index contributed by atoms with van der Waals surface area (Å²) in [5.74, 6) is 0. The predicted molar refractivity (Wildman–Crippen MR) is 49.1 cm³/mol. The van der Waals surface area contributed by atoms with E-state index < -0.39 is 0 Å². The Hall–Kier alpha value is -0.340. The topological polar surface area (TPSA) is 21.3 Å². The van der Waals surface area contributed by atoms with Crippen molar-refractivity contribution in [3.63, 3.8) is 0 Å². The number of hydrogen-bond donors (Lipinski definition) is 1. The maximum atomic E-state index is 5.41. The summed E-state index contributed by atoms with van der Waals surface area (Å²) in [5, 5.41) is 3.63. The second-order valence-electron chi connectivity index (χ2n) is 3.72. The van der Waals surface area contributed by atoms with Crippen LogP contribution in [0.15, 0.2) is 12.2 Å². The van der Waals surface area contributed by atoms with Crippen LogP contribution >= 0.6 is 0 Å². The van der Waals surface area contributed by atoms with Gasteiger partial charge in [0.15, 0.2) is 0 Å². The van der Waals surface area contributed by atoms with Crippen LogP contribution in [0.5, 0.6) is 0 Å². The lowest BCUT2D eigenvalue weighted by Gasteiger charge is -2.26. The quantitative estimate of drug-likeness (QED) is 0.629. The van der Waals surface area contributed by atoms with E-state index in [2.05, 4.69) is 17.5 Å². The van der Waals surface area contributed by atoms with Gasteiger partial charge in [0.25, 0.3) is 0 Å². The lowest BCUT2D eigenvalue weighted by molar-refractivity contribution is 0.0669. The van der Waals surface area contributed by atoms with Gasteiger partial charge in [0, 0.05) is 18.7 Å². The molecule has 0 radical (unpaired) electrons. The Labute approximate surface area is 74.0 Å². The summed E-state index contributed by atoms with van der Waals surface area (Å²) in [7, 11) is 0. The fourth-order valence-electron chi connectivity index (χ4n) is 1.96. The molecule has 0 amide bonds. The van der Waals surface area contributed by atoms with Crippen molar-refractivity contribution in [1.82, 2.24) is 5.32 Å². The molecule has 1 aliphatic heterocycles. The molecule has 1 saturated heterocycles.